The van der Waals surface area contributed by atoms with Crippen molar-refractivity contribution in [1.82, 2.24) is 14.7 Å². The lowest BCUT2D eigenvalue weighted by Crippen LogP contribution is -2.19. The Balaban J connectivity index is 2.00. The number of hydrogen-bond acceptors (Lipinski definition) is 3. The summed E-state index contributed by atoms with van der Waals surface area (Å²) in [6.07, 6.45) is 0. The van der Waals surface area contributed by atoms with E-state index in [4.69, 9.17) is 5.73 Å². The minimum absolute atomic E-state index is 0.811. The highest BCUT2D eigenvalue weighted by atomic mass is 15.3. The molecule has 19 heavy (non-hydrogen) atoms. The Labute approximate surface area is 114 Å². The molecule has 0 radical (unpaired) electrons. The van der Waals surface area contributed by atoms with Gasteiger partial charge in [0, 0.05) is 25.3 Å². The highest BCUT2D eigenvalue weighted by Gasteiger charge is 2.07. The molecule has 0 aliphatic carbocycles. The lowest BCUT2D eigenvalue weighted by molar-refractivity contribution is 0.307. The Morgan fingerprint density at radius 1 is 1.21 bits per heavy atom. The predicted molar refractivity (Wildman–Crippen MR) is 78.7 cm³/mol. The maximum absolute atomic E-state index is 5.70. The quantitative estimate of drug-likeness (QED) is 0.838. The van der Waals surface area contributed by atoms with Gasteiger partial charge < -0.3 is 5.73 Å². The molecular weight excluding hydrogens is 236 g/mol. The summed E-state index contributed by atoms with van der Waals surface area (Å²) in [6, 6.07) is 10.2. The fourth-order valence-corrected chi connectivity index (χ4v) is 2.27. The molecule has 0 amide bonds. The molecule has 0 fully saturated rings. The van der Waals surface area contributed by atoms with Crippen LogP contribution in [0.5, 0.6) is 0 Å². The average molecular weight is 258 g/mol. The molecule has 4 nitrogen and oxygen atoms in total. The second kappa shape index (κ2) is 5.89. The minimum atomic E-state index is 0.811. The fourth-order valence-electron chi connectivity index (χ4n) is 2.27. The molecule has 0 unspecified atom stereocenters. The smallest absolute Gasteiger partial charge is 0.0597 e. The second-order valence-corrected chi connectivity index (χ2v) is 5.01. The third-order valence-corrected chi connectivity index (χ3v) is 3.15. The van der Waals surface area contributed by atoms with E-state index in [0.29, 0.717) is 0 Å². The minimum Gasteiger partial charge on any atom is -0.399 e. The summed E-state index contributed by atoms with van der Waals surface area (Å²) in [5.74, 6) is 0. The molecule has 0 aliphatic rings. The first-order valence-corrected chi connectivity index (χ1v) is 6.64. The van der Waals surface area contributed by atoms with Crippen LogP contribution in [0.3, 0.4) is 0 Å². The SMILES string of the molecule is CCn1nc(C)cc1CN(C)Cc1ccc(N)cc1. The van der Waals surface area contributed by atoms with Crippen molar-refractivity contribution in [2.75, 3.05) is 12.8 Å². The summed E-state index contributed by atoms with van der Waals surface area (Å²) in [7, 11) is 2.12. The first-order chi connectivity index (χ1) is 9.08. The van der Waals surface area contributed by atoms with Gasteiger partial charge in [0.25, 0.3) is 0 Å². The van der Waals surface area contributed by atoms with E-state index in [1.165, 1.54) is 11.3 Å². The van der Waals surface area contributed by atoms with Gasteiger partial charge in [-0.15, -0.1) is 0 Å². The highest BCUT2D eigenvalue weighted by molar-refractivity contribution is 5.39. The third kappa shape index (κ3) is 3.58. The van der Waals surface area contributed by atoms with Crippen LogP contribution >= 0.6 is 0 Å². The molecule has 0 spiro atoms. The lowest BCUT2D eigenvalue weighted by Gasteiger charge is -2.17. The molecular formula is C15H22N4. The number of anilines is 1. The Morgan fingerprint density at radius 2 is 1.89 bits per heavy atom. The van der Waals surface area contributed by atoms with E-state index in [2.05, 4.69) is 46.9 Å². The van der Waals surface area contributed by atoms with E-state index in [1.54, 1.807) is 0 Å². The number of nitrogens with zero attached hydrogens (tertiary/aromatic N) is 3. The highest BCUT2D eigenvalue weighted by Crippen LogP contribution is 2.11. The van der Waals surface area contributed by atoms with Gasteiger partial charge in [0.1, 0.15) is 0 Å². The molecule has 2 N–H and O–H groups in total. The number of hydrogen-bond donors (Lipinski definition) is 1. The standard InChI is InChI=1S/C15H22N4/c1-4-19-15(9-12(2)17-19)11-18(3)10-13-5-7-14(16)8-6-13/h5-9H,4,10-11,16H2,1-3H3. The van der Waals surface area contributed by atoms with Gasteiger partial charge in [0.15, 0.2) is 0 Å². The molecule has 102 valence electrons. The van der Waals surface area contributed by atoms with Crippen molar-refractivity contribution in [3.05, 3.63) is 47.3 Å². The first kappa shape index (κ1) is 13.6. The zero-order valence-electron chi connectivity index (χ0n) is 11.9. The third-order valence-electron chi connectivity index (χ3n) is 3.15. The van der Waals surface area contributed by atoms with Gasteiger partial charge in [-0.1, -0.05) is 12.1 Å². The number of aromatic nitrogens is 2. The van der Waals surface area contributed by atoms with E-state index in [9.17, 15) is 0 Å². The van der Waals surface area contributed by atoms with Gasteiger partial charge in [-0.05, 0) is 44.7 Å². The van der Waals surface area contributed by atoms with Crippen LogP contribution in [0.1, 0.15) is 23.9 Å². The molecule has 0 saturated carbocycles. The molecule has 2 aromatic rings. The van der Waals surface area contributed by atoms with Gasteiger partial charge in [0.2, 0.25) is 0 Å². The second-order valence-electron chi connectivity index (χ2n) is 5.01. The van der Waals surface area contributed by atoms with Crippen LogP contribution in [-0.4, -0.2) is 21.7 Å². The molecule has 1 heterocycles. The zero-order chi connectivity index (χ0) is 13.8. The van der Waals surface area contributed by atoms with Crippen molar-refractivity contribution in [2.24, 2.45) is 0 Å². The molecule has 0 bridgehead atoms. The average Bonchev–Trinajstić information content (AvgIpc) is 2.72. The Hall–Kier alpha value is -1.81. The van der Waals surface area contributed by atoms with Gasteiger partial charge in [-0.3, -0.25) is 9.58 Å². The maximum Gasteiger partial charge on any atom is 0.0597 e. The Kier molecular flexibility index (Phi) is 4.22. The van der Waals surface area contributed by atoms with Crippen molar-refractivity contribution in [1.29, 1.82) is 0 Å². The first-order valence-electron chi connectivity index (χ1n) is 6.64. The van der Waals surface area contributed by atoms with Crippen LogP contribution in [0.25, 0.3) is 0 Å². The monoisotopic (exact) mass is 258 g/mol. The van der Waals surface area contributed by atoms with Crippen LogP contribution in [-0.2, 0) is 19.6 Å². The largest absolute Gasteiger partial charge is 0.399 e. The van der Waals surface area contributed by atoms with Crippen LogP contribution < -0.4 is 5.73 Å². The molecule has 0 saturated heterocycles. The molecule has 1 aromatic carbocycles. The summed E-state index contributed by atoms with van der Waals surface area (Å²) in [5.41, 5.74) is 10.1. The normalized spacial score (nSPS) is 11.2. The van der Waals surface area contributed by atoms with Gasteiger partial charge in [-0.2, -0.15) is 5.10 Å². The lowest BCUT2D eigenvalue weighted by atomic mass is 10.2. The van der Waals surface area contributed by atoms with E-state index in [1.807, 2.05) is 19.1 Å². The number of aryl methyl sites for hydroxylation is 2. The number of nitrogens with two attached hydrogens (primary N) is 1. The van der Waals surface area contributed by atoms with E-state index < -0.39 is 0 Å². The van der Waals surface area contributed by atoms with E-state index >= 15 is 0 Å². The fraction of sp³-hybridized carbons (Fsp3) is 0.400. The van der Waals surface area contributed by atoms with Gasteiger partial charge in [-0.25, -0.2) is 0 Å². The van der Waals surface area contributed by atoms with E-state index in [-0.39, 0.29) is 0 Å². The topological polar surface area (TPSA) is 47.1 Å². The maximum atomic E-state index is 5.70. The molecule has 1 aromatic heterocycles. The van der Waals surface area contributed by atoms with Crippen molar-refractivity contribution in [2.45, 2.75) is 33.5 Å². The number of benzene rings is 1. The van der Waals surface area contributed by atoms with Crippen molar-refractivity contribution < 1.29 is 0 Å². The summed E-state index contributed by atoms with van der Waals surface area (Å²) < 4.78 is 2.06. The number of nitrogen functional groups attached to an aromatic ring is 1. The zero-order valence-corrected chi connectivity index (χ0v) is 11.9. The summed E-state index contributed by atoms with van der Waals surface area (Å²) >= 11 is 0. The van der Waals surface area contributed by atoms with Crippen LogP contribution in [0.15, 0.2) is 30.3 Å². The summed E-state index contributed by atoms with van der Waals surface area (Å²) in [5, 5.41) is 4.47. The van der Waals surface area contributed by atoms with Crippen molar-refractivity contribution in [3.63, 3.8) is 0 Å². The van der Waals surface area contributed by atoms with Gasteiger partial charge >= 0.3 is 0 Å². The Morgan fingerprint density at radius 3 is 2.53 bits per heavy atom. The van der Waals surface area contributed by atoms with Gasteiger partial charge in [0.05, 0.1) is 11.4 Å². The molecule has 0 aliphatic heterocycles. The van der Waals surface area contributed by atoms with Crippen LogP contribution in [0, 0.1) is 6.92 Å². The van der Waals surface area contributed by atoms with Crippen molar-refractivity contribution >= 4 is 5.69 Å². The van der Waals surface area contributed by atoms with E-state index in [0.717, 1.165) is 31.0 Å². The molecule has 0 atom stereocenters. The van der Waals surface area contributed by atoms with Crippen molar-refractivity contribution in [3.8, 4) is 0 Å². The number of rotatable bonds is 5. The Bertz CT molecular complexity index is 528. The molecule has 4 heteroatoms. The summed E-state index contributed by atoms with van der Waals surface area (Å²) in [6.45, 7) is 6.89. The van der Waals surface area contributed by atoms with Crippen LogP contribution in [0.2, 0.25) is 0 Å². The predicted octanol–water partition coefficient (Wildman–Crippen LogP) is 2.43. The summed E-state index contributed by atoms with van der Waals surface area (Å²) in [4.78, 5) is 2.29. The molecule has 2 rings (SSSR count). The van der Waals surface area contributed by atoms with Crippen LogP contribution in [0.4, 0.5) is 5.69 Å².